The minimum Gasteiger partial charge on any atom is -0.465 e. The van der Waals surface area contributed by atoms with Gasteiger partial charge in [0, 0.05) is 6.07 Å². The Kier molecular flexibility index (Phi) is 5.22. The molecule has 24 heavy (non-hydrogen) atoms. The molecule has 0 spiro atoms. The standard InChI is InChI=1S/C17H21F2NO4/c1-4-24-15(22)9-20-13(8-14(21)17(2,3)16(20)23)10-5-11(18)7-12(19)6-10/h5-7,13-14,21H,4,8-9H2,1-3H3/t13-,14+/m0/s1. The molecule has 2 atom stereocenters. The van der Waals surface area contributed by atoms with Crippen LogP contribution < -0.4 is 0 Å². The quantitative estimate of drug-likeness (QED) is 0.853. The van der Waals surface area contributed by atoms with Crippen LogP contribution in [-0.2, 0) is 14.3 Å². The van der Waals surface area contributed by atoms with Crippen LogP contribution in [0.5, 0.6) is 0 Å². The molecule has 0 bridgehead atoms. The molecule has 1 aliphatic heterocycles. The van der Waals surface area contributed by atoms with Crippen molar-refractivity contribution >= 4 is 11.9 Å². The number of aliphatic hydroxyl groups is 1. The Balaban J connectivity index is 2.41. The van der Waals surface area contributed by atoms with E-state index >= 15 is 0 Å². The minimum atomic E-state index is -1.10. The molecular weight excluding hydrogens is 320 g/mol. The molecule has 0 aliphatic carbocycles. The van der Waals surface area contributed by atoms with Crippen molar-refractivity contribution in [3.8, 4) is 0 Å². The zero-order chi connectivity index (χ0) is 18.1. The summed E-state index contributed by atoms with van der Waals surface area (Å²) >= 11 is 0. The van der Waals surface area contributed by atoms with Crippen molar-refractivity contribution in [1.82, 2.24) is 4.90 Å². The highest BCUT2D eigenvalue weighted by atomic mass is 19.1. The summed E-state index contributed by atoms with van der Waals surface area (Å²) in [6, 6.07) is 2.12. The molecule has 1 aliphatic rings. The van der Waals surface area contributed by atoms with Crippen LogP contribution >= 0.6 is 0 Å². The number of halogens is 2. The Morgan fingerprint density at radius 1 is 1.33 bits per heavy atom. The molecule has 0 unspecified atom stereocenters. The van der Waals surface area contributed by atoms with E-state index in [9.17, 15) is 23.5 Å². The summed E-state index contributed by atoms with van der Waals surface area (Å²) in [6.45, 7) is 4.60. The van der Waals surface area contributed by atoms with Crippen molar-refractivity contribution in [3.63, 3.8) is 0 Å². The van der Waals surface area contributed by atoms with Gasteiger partial charge in [-0.15, -0.1) is 0 Å². The van der Waals surface area contributed by atoms with Crippen molar-refractivity contribution in [3.05, 3.63) is 35.4 Å². The summed E-state index contributed by atoms with van der Waals surface area (Å²) in [6.07, 6.45) is -0.930. The van der Waals surface area contributed by atoms with Crippen LogP contribution in [0.3, 0.4) is 0 Å². The van der Waals surface area contributed by atoms with E-state index < -0.39 is 41.1 Å². The molecule has 2 rings (SSSR count). The number of benzene rings is 1. The average Bonchev–Trinajstić information content (AvgIpc) is 2.47. The van der Waals surface area contributed by atoms with Crippen LogP contribution in [0.4, 0.5) is 8.78 Å². The van der Waals surface area contributed by atoms with E-state index in [4.69, 9.17) is 4.74 Å². The highest BCUT2D eigenvalue weighted by Crippen LogP contribution is 2.40. The van der Waals surface area contributed by atoms with Crippen LogP contribution in [0.2, 0.25) is 0 Å². The van der Waals surface area contributed by atoms with E-state index in [1.54, 1.807) is 20.8 Å². The summed E-state index contributed by atoms with van der Waals surface area (Å²) in [4.78, 5) is 25.8. The molecular formula is C17H21F2NO4. The van der Waals surface area contributed by atoms with Gasteiger partial charge in [0.25, 0.3) is 0 Å². The summed E-state index contributed by atoms with van der Waals surface area (Å²) in [5, 5.41) is 10.3. The first-order valence-electron chi connectivity index (χ1n) is 7.77. The van der Waals surface area contributed by atoms with Crippen molar-refractivity contribution in [2.45, 2.75) is 39.3 Å². The largest absolute Gasteiger partial charge is 0.465 e. The monoisotopic (exact) mass is 341 g/mol. The molecule has 5 nitrogen and oxygen atoms in total. The van der Waals surface area contributed by atoms with Gasteiger partial charge in [0.15, 0.2) is 0 Å². The van der Waals surface area contributed by atoms with Crippen LogP contribution in [0, 0.1) is 17.0 Å². The van der Waals surface area contributed by atoms with Crippen molar-refractivity contribution in [2.24, 2.45) is 5.41 Å². The molecule has 132 valence electrons. The van der Waals surface area contributed by atoms with Gasteiger partial charge in [-0.2, -0.15) is 0 Å². The Morgan fingerprint density at radius 2 is 1.92 bits per heavy atom. The van der Waals surface area contributed by atoms with Crippen molar-refractivity contribution in [1.29, 1.82) is 0 Å². The Hall–Kier alpha value is -2.02. The number of amides is 1. The predicted octanol–water partition coefficient (Wildman–Crippen LogP) is 2.19. The maximum absolute atomic E-state index is 13.5. The van der Waals surface area contributed by atoms with Crippen molar-refractivity contribution in [2.75, 3.05) is 13.2 Å². The van der Waals surface area contributed by atoms with E-state index in [1.807, 2.05) is 0 Å². The Morgan fingerprint density at radius 3 is 2.46 bits per heavy atom. The number of hydrogen-bond donors (Lipinski definition) is 1. The molecule has 0 radical (unpaired) electrons. The Labute approximate surface area is 139 Å². The first-order valence-corrected chi connectivity index (χ1v) is 7.77. The molecule has 0 saturated carbocycles. The fourth-order valence-corrected chi connectivity index (χ4v) is 2.90. The normalized spacial score (nSPS) is 23.2. The number of hydrogen-bond acceptors (Lipinski definition) is 4. The lowest BCUT2D eigenvalue weighted by molar-refractivity contribution is -0.165. The lowest BCUT2D eigenvalue weighted by atomic mass is 9.76. The summed E-state index contributed by atoms with van der Waals surface area (Å²) in [5.74, 6) is -2.65. The number of nitrogens with zero attached hydrogens (tertiary/aromatic N) is 1. The topological polar surface area (TPSA) is 66.8 Å². The average molecular weight is 341 g/mol. The smallest absolute Gasteiger partial charge is 0.325 e. The maximum Gasteiger partial charge on any atom is 0.325 e. The van der Waals surface area contributed by atoms with Crippen LogP contribution in [0.25, 0.3) is 0 Å². The lowest BCUT2D eigenvalue weighted by Crippen LogP contribution is -2.55. The van der Waals surface area contributed by atoms with Gasteiger partial charge in [0.1, 0.15) is 18.2 Å². The molecule has 1 aromatic carbocycles. The number of piperidine rings is 1. The van der Waals surface area contributed by atoms with Crippen LogP contribution in [0.15, 0.2) is 18.2 Å². The fourth-order valence-electron chi connectivity index (χ4n) is 2.90. The van der Waals surface area contributed by atoms with Gasteiger partial charge < -0.3 is 14.7 Å². The second kappa shape index (κ2) is 6.84. The van der Waals surface area contributed by atoms with Gasteiger partial charge in [-0.3, -0.25) is 9.59 Å². The molecule has 1 saturated heterocycles. The number of carbonyl (C=O) groups is 2. The van der Waals surface area contributed by atoms with Gasteiger partial charge in [0.05, 0.1) is 24.2 Å². The summed E-state index contributed by atoms with van der Waals surface area (Å²) in [7, 11) is 0. The number of likely N-dealkylation sites (tertiary alicyclic amines) is 1. The third-order valence-electron chi connectivity index (χ3n) is 4.34. The molecule has 1 aromatic rings. The van der Waals surface area contributed by atoms with Gasteiger partial charge >= 0.3 is 5.97 Å². The first-order chi connectivity index (χ1) is 11.2. The molecule has 1 N–H and O–H groups in total. The minimum absolute atomic E-state index is 0.0705. The number of ether oxygens (including phenoxy) is 1. The lowest BCUT2D eigenvalue weighted by Gasteiger charge is -2.45. The fraction of sp³-hybridized carbons (Fsp3) is 0.529. The number of rotatable bonds is 4. The predicted molar refractivity (Wildman–Crippen MR) is 81.8 cm³/mol. The molecule has 1 fully saturated rings. The van der Waals surface area contributed by atoms with Crippen molar-refractivity contribution < 1.29 is 28.2 Å². The maximum atomic E-state index is 13.5. The van der Waals surface area contributed by atoms with Gasteiger partial charge in [0.2, 0.25) is 5.91 Å². The van der Waals surface area contributed by atoms with Crippen LogP contribution in [0.1, 0.15) is 38.8 Å². The van der Waals surface area contributed by atoms with E-state index in [1.165, 1.54) is 4.90 Å². The molecule has 1 heterocycles. The van der Waals surface area contributed by atoms with E-state index in [-0.39, 0.29) is 25.1 Å². The summed E-state index contributed by atoms with van der Waals surface area (Å²) in [5.41, 5.74) is -0.908. The van der Waals surface area contributed by atoms with Gasteiger partial charge in [-0.05, 0) is 44.9 Å². The molecule has 0 aromatic heterocycles. The highest BCUT2D eigenvalue weighted by Gasteiger charge is 2.48. The highest BCUT2D eigenvalue weighted by molar-refractivity contribution is 5.87. The number of esters is 1. The van der Waals surface area contributed by atoms with Crippen LogP contribution in [-0.4, -0.2) is 41.1 Å². The number of carbonyl (C=O) groups excluding carboxylic acids is 2. The third kappa shape index (κ3) is 3.56. The third-order valence-corrected chi connectivity index (χ3v) is 4.34. The van der Waals surface area contributed by atoms with E-state index in [0.717, 1.165) is 18.2 Å². The molecule has 7 heteroatoms. The van der Waals surface area contributed by atoms with E-state index in [0.29, 0.717) is 0 Å². The second-order valence-corrected chi connectivity index (χ2v) is 6.43. The molecule has 1 amide bonds. The van der Waals surface area contributed by atoms with Gasteiger partial charge in [-0.25, -0.2) is 8.78 Å². The Bertz CT molecular complexity index is 627. The first kappa shape index (κ1) is 18.3. The van der Waals surface area contributed by atoms with Gasteiger partial charge in [-0.1, -0.05) is 0 Å². The second-order valence-electron chi connectivity index (χ2n) is 6.43. The SMILES string of the molecule is CCOC(=O)CN1C(=O)C(C)(C)[C@H](O)C[C@H]1c1cc(F)cc(F)c1. The zero-order valence-corrected chi connectivity index (χ0v) is 13.9. The zero-order valence-electron chi connectivity index (χ0n) is 13.9. The number of aliphatic hydroxyl groups excluding tert-OH is 1. The summed E-state index contributed by atoms with van der Waals surface area (Å²) < 4.78 is 32.0. The van der Waals surface area contributed by atoms with E-state index in [2.05, 4.69) is 0 Å².